The summed E-state index contributed by atoms with van der Waals surface area (Å²) < 4.78 is 37.5. The zero-order valence-electron chi connectivity index (χ0n) is 11.7. The van der Waals surface area contributed by atoms with Crippen molar-refractivity contribution in [2.45, 2.75) is 6.18 Å². The number of carbonyl (C=O) groups is 2. The minimum Gasteiger partial charge on any atom is -0.367 e. The lowest BCUT2D eigenvalue weighted by Gasteiger charge is -2.16. The van der Waals surface area contributed by atoms with E-state index in [9.17, 15) is 22.8 Å². The number of amides is 2. The van der Waals surface area contributed by atoms with E-state index in [4.69, 9.17) is 0 Å². The molecule has 23 heavy (non-hydrogen) atoms. The van der Waals surface area contributed by atoms with Crippen LogP contribution in [-0.4, -0.2) is 23.4 Å². The van der Waals surface area contributed by atoms with Crippen LogP contribution in [0.25, 0.3) is 0 Å². The second kappa shape index (κ2) is 5.42. The molecule has 1 N–H and O–H groups in total. The normalized spacial score (nSPS) is 14.1. The Hall–Kier alpha value is -2.83. The molecule has 0 unspecified atom stereocenters. The Morgan fingerprint density at radius 1 is 0.870 bits per heavy atom. The van der Waals surface area contributed by atoms with Crippen molar-refractivity contribution in [2.24, 2.45) is 0 Å². The van der Waals surface area contributed by atoms with Gasteiger partial charge in [-0.3, -0.25) is 14.5 Å². The van der Waals surface area contributed by atoms with E-state index in [2.05, 4.69) is 5.32 Å². The first-order valence-corrected chi connectivity index (χ1v) is 6.74. The van der Waals surface area contributed by atoms with Crippen molar-refractivity contribution in [3.05, 3.63) is 65.2 Å². The average Bonchev–Trinajstić information content (AvgIpc) is 2.77. The third kappa shape index (κ3) is 2.77. The Balaban J connectivity index is 1.70. The number of halogens is 3. The minimum atomic E-state index is -4.40. The molecule has 2 aromatic carbocycles. The Labute approximate surface area is 129 Å². The molecule has 0 spiro atoms. The van der Waals surface area contributed by atoms with Gasteiger partial charge in [-0.15, -0.1) is 0 Å². The monoisotopic (exact) mass is 320 g/mol. The largest absolute Gasteiger partial charge is 0.416 e. The second-order valence-electron chi connectivity index (χ2n) is 4.99. The van der Waals surface area contributed by atoms with Crippen molar-refractivity contribution >= 4 is 17.5 Å². The maximum atomic E-state index is 12.5. The highest BCUT2D eigenvalue weighted by Crippen LogP contribution is 2.30. The molecule has 3 rings (SSSR count). The summed E-state index contributed by atoms with van der Waals surface area (Å²) >= 11 is 0. The van der Waals surface area contributed by atoms with E-state index in [0.29, 0.717) is 16.8 Å². The van der Waals surface area contributed by atoms with Crippen molar-refractivity contribution in [2.75, 3.05) is 12.0 Å². The third-order valence-electron chi connectivity index (χ3n) is 3.53. The van der Waals surface area contributed by atoms with Crippen LogP contribution >= 0.6 is 0 Å². The van der Waals surface area contributed by atoms with Gasteiger partial charge < -0.3 is 5.32 Å². The molecule has 2 amide bonds. The van der Waals surface area contributed by atoms with Gasteiger partial charge >= 0.3 is 6.18 Å². The number of hydrogen-bond donors (Lipinski definition) is 1. The predicted molar refractivity (Wildman–Crippen MR) is 76.9 cm³/mol. The summed E-state index contributed by atoms with van der Waals surface area (Å²) in [4.78, 5) is 25.3. The summed E-state index contributed by atoms with van der Waals surface area (Å²) in [5.41, 5.74) is 0.275. The lowest BCUT2D eigenvalue weighted by atomic mass is 10.1. The summed E-state index contributed by atoms with van der Waals surface area (Å²) in [6, 6.07) is 10.8. The van der Waals surface area contributed by atoms with Gasteiger partial charge in [-0.05, 0) is 36.4 Å². The highest BCUT2D eigenvalue weighted by atomic mass is 19.4. The number of alkyl halides is 3. The van der Waals surface area contributed by atoms with E-state index < -0.39 is 23.6 Å². The Morgan fingerprint density at radius 3 is 1.87 bits per heavy atom. The second-order valence-corrected chi connectivity index (χ2v) is 4.99. The molecule has 1 heterocycles. The van der Waals surface area contributed by atoms with Crippen LogP contribution in [0.3, 0.4) is 0 Å². The number of hydrogen-bond acceptors (Lipinski definition) is 3. The Bertz CT molecular complexity index is 735. The van der Waals surface area contributed by atoms with E-state index >= 15 is 0 Å². The zero-order chi connectivity index (χ0) is 16.6. The molecule has 4 nitrogen and oxygen atoms in total. The molecule has 1 aliphatic heterocycles. The molecule has 0 fully saturated rings. The molecule has 0 aromatic heterocycles. The van der Waals surface area contributed by atoms with Crippen molar-refractivity contribution in [1.29, 1.82) is 0 Å². The first kappa shape index (κ1) is 15.1. The van der Waals surface area contributed by atoms with E-state index in [1.807, 2.05) is 0 Å². The summed E-state index contributed by atoms with van der Waals surface area (Å²) in [7, 11) is 0. The van der Waals surface area contributed by atoms with Crippen LogP contribution in [0.1, 0.15) is 26.3 Å². The number of anilines is 1. The predicted octanol–water partition coefficient (Wildman–Crippen LogP) is 3.37. The molecule has 0 atom stereocenters. The van der Waals surface area contributed by atoms with Crippen molar-refractivity contribution in [1.82, 2.24) is 4.90 Å². The number of imide groups is 1. The van der Waals surface area contributed by atoms with Gasteiger partial charge in [0.1, 0.15) is 0 Å². The first-order valence-electron chi connectivity index (χ1n) is 6.74. The number of carbonyl (C=O) groups excluding carboxylic acids is 2. The molecular weight excluding hydrogens is 309 g/mol. The molecule has 1 aliphatic rings. The molecule has 2 aromatic rings. The molecule has 0 saturated heterocycles. The number of fused-ring (bicyclic) bond motifs is 1. The molecule has 0 saturated carbocycles. The van der Waals surface area contributed by atoms with Gasteiger partial charge in [0, 0.05) is 5.69 Å². The molecule has 0 bridgehead atoms. The fraction of sp³-hybridized carbons (Fsp3) is 0.125. The summed E-state index contributed by atoms with van der Waals surface area (Å²) in [5.74, 6) is -0.852. The van der Waals surface area contributed by atoms with Gasteiger partial charge in [0.15, 0.2) is 0 Å². The summed E-state index contributed by atoms with van der Waals surface area (Å²) in [5, 5.41) is 2.78. The van der Waals surface area contributed by atoms with Crippen LogP contribution in [0.2, 0.25) is 0 Å². The van der Waals surface area contributed by atoms with Crippen LogP contribution in [0.15, 0.2) is 48.5 Å². The molecular formula is C16H11F3N2O2. The van der Waals surface area contributed by atoms with Gasteiger partial charge in [0.2, 0.25) is 0 Å². The topological polar surface area (TPSA) is 49.4 Å². The van der Waals surface area contributed by atoms with Crippen LogP contribution in [-0.2, 0) is 6.18 Å². The summed E-state index contributed by atoms with van der Waals surface area (Å²) in [6.45, 7) is -0.113. The highest BCUT2D eigenvalue weighted by Gasteiger charge is 2.35. The van der Waals surface area contributed by atoms with Gasteiger partial charge in [-0.2, -0.15) is 13.2 Å². The van der Waals surface area contributed by atoms with Crippen molar-refractivity contribution in [3.63, 3.8) is 0 Å². The summed E-state index contributed by atoms with van der Waals surface area (Å²) in [6.07, 6.45) is -4.40. The molecule has 7 heteroatoms. The Kier molecular flexibility index (Phi) is 3.55. The minimum absolute atomic E-state index is 0.113. The van der Waals surface area contributed by atoms with Gasteiger partial charge in [0.25, 0.3) is 11.8 Å². The Morgan fingerprint density at radius 2 is 1.39 bits per heavy atom. The van der Waals surface area contributed by atoms with Crippen LogP contribution < -0.4 is 5.32 Å². The van der Waals surface area contributed by atoms with Crippen LogP contribution in [0, 0.1) is 0 Å². The maximum Gasteiger partial charge on any atom is 0.416 e. The van der Waals surface area contributed by atoms with Gasteiger partial charge in [-0.25, -0.2) is 0 Å². The number of nitrogens with zero attached hydrogens (tertiary/aromatic N) is 1. The smallest absolute Gasteiger partial charge is 0.367 e. The van der Waals surface area contributed by atoms with E-state index in [-0.39, 0.29) is 6.67 Å². The lowest BCUT2D eigenvalue weighted by Crippen LogP contribution is -2.34. The van der Waals surface area contributed by atoms with E-state index in [1.54, 1.807) is 24.3 Å². The number of rotatable bonds is 3. The average molecular weight is 320 g/mol. The maximum absolute atomic E-state index is 12.5. The zero-order valence-corrected chi connectivity index (χ0v) is 11.7. The fourth-order valence-corrected chi connectivity index (χ4v) is 2.33. The number of nitrogens with one attached hydrogen (secondary N) is 1. The highest BCUT2D eigenvalue weighted by molar-refractivity contribution is 6.21. The quantitative estimate of drug-likeness (QED) is 0.882. The molecule has 118 valence electrons. The van der Waals surface area contributed by atoms with Gasteiger partial charge in [-0.1, -0.05) is 12.1 Å². The molecule has 0 aliphatic carbocycles. The molecule has 0 radical (unpaired) electrons. The van der Waals surface area contributed by atoms with Gasteiger partial charge in [0.05, 0.1) is 23.4 Å². The van der Waals surface area contributed by atoms with Crippen LogP contribution in [0.4, 0.5) is 18.9 Å². The number of benzene rings is 2. The van der Waals surface area contributed by atoms with Crippen molar-refractivity contribution < 1.29 is 22.8 Å². The SMILES string of the molecule is O=C1c2ccccc2C(=O)N1CNc1ccc(C(F)(F)F)cc1. The lowest BCUT2D eigenvalue weighted by molar-refractivity contribution is -0.137. The fourth-order valence-electron chi connectivity index (χ4n) is 2.33. The third-order valence-corrected chi connectivity index (χ3v) is 3.53. The standard InChI is InChI=1S/C16H11F3N2O2/c17-16(18,19)10-5-7-11(8-6-10)20-9-21-14(22)12-3-1-2-4-13(12)15(21)23/h1-8,20H,9H2. The van der Waals surface area contributed by atoms with E-state index in [0.717, 1.165) is 17.0 Å². The first-order chi connectivity index (χ1) is 10.9. The van der Waals surface area contributed by atoms with E-state index in [1.165, 1.54) is 12.1 Å². The van der Waals surface area contributed by atoms with Crippen LogP contribution in [0.5, 0.6) is 0 Å². The van der Waals surface area contributed by atoms with Crippen molar-refractivity contribution in [3.8, 4) is 0 Å².